The maximum Gasteiger partial charge on any atom is 0.306 e. The molecule has 1 aliphatic rings. The highest BCUT2D eigenvalue weighted by molar-refractivity contribution is 5.77. The average Bonchev–Trinajstić information content (AvgIpc) is 2.34. The zero-order valence-electron chi connectivity index (χ0n) is 10.7. The van der Waals surface area contributed by atoms with Crippen LogP contribution in [0.15, 0.2) is 18.2 Å². The zero-order chi connectivity index (χ0) is 14.7. The number of carbonyl (C=O) groups is 2. The van der Waals surface area contributed by atoms with Crippen LogP contribution in [0.2, 0.25) is 0 Å². The fourth-order valence-electron chi connectivity index (χ4n) is 2.22. The van der Waals surface area contributed by atoms with Gasteiger partial charge in [-0.1, -0.05) is 0 Å². The number of aryl methyl sites for hydroxylation is 1. The molecule has 1 aromatic rings. The average molecular weight is 283 g/mol. The predicted octanol–water partition coefficient (Wildman–Crippen LogP) is 1.88. The number of rotatable bonds is 5. The highest BCUT2D eigenvalue weighted by atomic mass is 19.1. The number of nitrogens with one attached hydrogen (secondary N) is 1. The Bertz CT molecular complexity index is 527. The molecule has 0 aliphatic heterocycles. The van der Waals surface area contributed by atoms with Crippen LogP contribution >= 0.6 is 0 Å². The highest BCUT2D eigenvalue weighted by Crippen LogP contribution is 2.27. The number of hydrogen-bond donors (Lipinski definition) is 2. The first-order valence-corrected chi connectivity index (χ1v) is 6.42. The monoisotopic (exact) mass is 283 g/mol. The number of carboxylic acids is 1. The van der Waals surface area contributed by atoms with E-state index in [1.54, 1.807) is 0 Å². The third kappa shape index (κ3) is 3.53. The van der Waals surface area contributed by atoms with Gasteiger partial charge in [-0.2, -0.15) is 0 Å². The van der Waals surface area contributed by atoms with Crippen LogP contribution in [0.25, 0.3) is 0 Å². The Balaban J connectivity index is 1.76. The van der Waals surface area contributed by atoms with Crippen molar-refractivity contribution in [1.29, 1.82) is 0 Å². The molecule has 0 unspecified atom stereocenters. The first-order valence-electron chi connectivity index (χ1n) is 6.42. The van der Waals surface area contributed by atoms with Crippen LogP contribution in [0.5, 0.6) is 0 Å². The fraction of sp³-hybridized carbons (Fsp3) is 0.429. The van der Waals surface area contributed by atoms with Crippen molar-refractivity contribution in [2.45, 2.75) is 31.7 Å². The number of carbonyl (C=O) groups excluding carboxylic acids is 1. The first kappa shape index (κ1) is 14.4. The molecule has 1 aromatic carbocycles. The van der Waals surface area contributed by atoms with Crippen LogP contribution in [0.1, 0.15) is 24.8 Å². The number of benzene rings is 1. The van der Waals surface area contributed by atoms with Gasteiger partial charge in [-0.25, -0.2) is 8.78 Å². The van der Waals surface area contributed by atoms with Gasteiger partial charge in [0, 0.05) is 12.5 Å². The largest absolute Gasteiger partial charge is 0.481 e. The van der Waals surface area contributed by atoms with Gasteiger partial charge in [-0.15, -0.1) is 0 Å². The van der Waals surface area contributed by atoms with Crippen LogP contribution in [-0.2, 0) is 16.0 Å². The summed E-state index contributed by atoms with van der Waals surface area (Å²) >= 11 is 0. The molecule has 20 heavy (non-hydrogen) atoms. The normalized spacial score (nSPS) is 21.1. The summed E-state index contributed by atoms with van der Waals surface area (Å²) in [5, 5.41) is 11.4. The van der Waals surface area contributed by atoms with Gasteiger partial charge in [0.05, 0.1) is 5.92 Å². The second-order valence-corrected chi connectivity index (χ2v) is 5.01. The van der Waals surface area contributed by atoms with Gasteiger partial charge < -0.3 is 10.4 Å². The second-order valence-electron chi connectivity index (χ2n) is 5.01. The lowest BCUT2D eigenvalue weighted by Gasteiger charge is -2.32. The highest BCUT2D eigenvalue weighted by Gasteiger charge is 2.35. The van der Waals surface area contributed by atoms with Gasteiger partial charge >= 0.3 is 5.97 Å². The minimum atomic E-state index is -0.850. The van der Waals surface area contributed by atoms with Crippen molar-refractivity contribution < 1.29 is 23.5 Å². The van der Waals surface area contributed by atoms with E-state index in [2.05, 4.69) is 5.32 Å². The summed E-state index contributed by atoms with van der Waals surface area (Å²) in [5.74, 6) is -2.58. The third-order valence-corrected chi connectivity index (χ3v) is 3.48. The van der Waals surface area contributed by atoms with Crippen LogP contribution in [0, 0.1) is 17.6 Å². The molecule has 0 bridgehead atoms. The summed E-state index contributed by atoms with van der Waals surface area (Å²) in [4.78, 5) is 22.2. The summed E-state index contributed by atoms with van der Waals surface area (Å²) in [6.45, 7) is 0. The lowest BCUT2D eigenvalue weighted by atomic mass is 9.80. The predicted molar refractivity (Wildman–Crippen MR) is 67.0 cm³/mol. The van der Waals surface area contributed by atoms with Gasteiger partial charge in [0.25, 0.3) is 0 Å². The topological polar surface area (TPSA) is 66.4 Å². The molecule has 4 nitrogen and oxygen atoms in total. The van der Waals surface area contributed by atoms with Gasteiger partial charge in [-0.05, 0) is 43.0 Å². The molecule has 0 radical (unpaired) electrons. The molecule has 2 N–H and O–H groups in total. The molecule has 1 amide bonds. The quantitative estimate of drug-likeness (QED) is 0.867. The minimum absolute atomic E-state index is 0.0502. The number of carboxylic acid groups (broad SMARTS) is 1. The van der Waals surface area contributed by atoms with Gasteiger partial charge in [0.15, 0.2) is 0 Å². The molecule has 0 aromatic heterocycles. The van der Waals surface area contributed by atoms with Crippen molar-refractivity contribution in [1.82, 2.24) is 5.32 Å². The summed E-state index contributed by atoms with van der Waals surface area (Å²) in [6, 6.07) is 3.01. The lowest BCUT2D eigenvalue weighted by Crippen LogP contribution is -2.46. The van der Waals surface area contributed by atoms with Crippen molar-refractivity contribution >= 4 is 11.9 Å². The van der Waals surface area contributed by atoms with E-state index in [0.717, 1.165) is 18.2 Å². The molecule has 1 aliphatic carbocycles. The van der Waals surface area contributed by atoms with E-state index >= 15 is 0 Å². The number of aliphatic carboxylic acids is 1. The number of halogens is 2. The molecule has 1 fully saturated rings. The molecule has 108 valence electrons. The Morgan fingerprint density at radius 2 is 2.00 bits per heavy atom. The Morgan fingerprint density at radius 3 is 2.65 bits per heavy atom. The van der Waals surface area contributed by atoms with Crippen LogP contribution < -0.4 is 5.32 Å². The SMILES string of the molecule is O=C(CCc1cc(F)ccc1F)NC1CC(C(=O)O)C1. The van der Waals surface area contributed by atoms with Gasteiger partial charge in [0.1, 0.15) is 11.6 Å². The van der Waals surface area contributed by atoms with E-state index in [4.69, 9.17) is 5.11 Å². The standard InChI is InChI=1S/C14H15F2NO3/c15-10-2-3-12(16)8(5-10)1-4-13(18)17-11-6-9(7-11)14(19)20/h2-3,5,9,11H,1,4,6-7H2,(H,17,18)(H,19,20). The molecule has 0 spiro atoms. The maximum absolute atomic E-state index is 13.3. The fourth-order valence-corrected chi connectivity index (χ4v) is 2.22. The summed E-state index contributed by atoms with van der Waals surface area (Å²) in [6.07, 6.45) is 1.02. The van der Waals surface area contributed by atoms with Crippen LogP contribution in [0.4, 0.5) is 8.78 Å². The minimum Gasteiger partial charge on any atom is -0.481 e. The summed E-state index contributed by atoms with van der Waals surface area (Å²) in [7, 11) is 0. The van der Waals surface area contributed by atoms with E-state index in [9.17, 15) is 18.4 Å². The Hall–Kier alpha value is -1.98. The molecular formula is C14H15F2NO3. The van der Waals surface area contributed by atoms with Gasteiger partial charge in [0.2, 0.25) is 5.91 Å². The van der Waals surface area contributed by atoms with Crippen molar-refractivity contribution in [3.63, 3.8) is 0 Å². The Morgan fingerprint density at radius 1 is 1.30 bits per heavy atom. The molecule has 0 heterocycles. The molecule has 1 saturated carbocycles. The molecule has 0 atom stereocenters. The van der Waals surface area contributed by atoms with Crippen molar-refractivity contribution in [3.05, 3.63) is 35.4 Å². The molecule has 6 heteroatoms. The van der Waals surface area contributed by atoms with Crippen molar-refractivity contribution in [3.8, 4) is 0 Å². The van der Waals surface area contributed by atoms with Gasteiger partial charge in [-0.3, -0.25) is 9.59 Å². The number of amides is 1. The molecule has 0 saturated heterocycles. The van der Waals surface area contributed by atoms with Crippen molar-refractivity contribution in [2.75, 3.05) is 0 Å². The molecule has 2 rings (SSSR count). The lowest BCUT2D eigenvalue weighted by molar-refractivity contribution is -0.146. The third-order valence-electron chi connectivity index (χ3n) is 3.48. The summed E-state index contributed by atoms with van der Waals surface area (Å²) < 4.78 is 26.3. The van der Waals surface area contributed by atoms with E-state index in [1.165, 1.54) is 0 Å². The van der Waals surface area contributed by atoms with Crippen LogP contribution in [-0.4, -0.2) is 23.0 Å². The number of hydrogen-bond acceptors (Lipinski definition) is 2. The van der Waals surface area contributed by atoms with E-state index < -0.39 is 17.6 Å². The van der Waals surface area contributed by atoms with E-state index in [-0.39, 0.29) is 36.3 Å². The molecular weight excluding hydrogens is 268 g/mol. The summed E-state index contributed by atoms with van der Waals surface area (Å²) in [5.41, 5.74) is 0.164. The zero-order valence-corrected chi connectivity index (χ0v) is 10.7. The van der Waals surface area contributed by atoms with Crippen molar-refractivity contribution in [2.24, 2.45) is 5.92 Å². The Labute approximate surface area is 114 Å². The van der Waals surface area contributed by atoms with E-state index in [0.29, 0.717) is 12.8 Å². The second kappa shape index (κ2) is 5.98. The smallest absolute Gasteiger partial charge is 0.306 e. The Kier molecular flexibility index (Phi) is 4.32. The maximum atomic E-state index is 13.3. The van der Waals surface area contributed by atoms with Crippen LogP contribution in [0.3, 0.4) is 0 Å². The van der Waals surface area contributed by atoms with E-state index in [1.807, 2.05) is 0 Å². The first-order chi connectivity index (χ1) is 9.45.